The van der Waals surface area contributed by atoms with E-state index < -0.39 is 0 Å². The van der Waals surface area contributed by atoms with Gasteiger partial charge < -0.3 is 14.0 Å². The van der Waals surface area contributed by atoms with E-state index in [1.807, 2.05) is 65.0 Å². The van der Waals surface area contributed by atoms with Crippen LogP contribution in [0, 0.1) is 6.92 Å². The Bertz CT molecular complexity index is 1430. The molecule has 0 fully saturated rings. The van der Waals surface area contributed by atoms with Gasteiger partial charge in [-0.3, -0.25) is 4.79 Å². The number of fused-ring (bicyclic) bond motifs is 7. The molecule has 0 saturated heterocycles. The van der Waals surface area contributed by atoms with Crippen LogP contribution in [0.25, 0.3) is 23.0 Å². The molecule has 0 spiro atoms. The number of carbonyl (C=O) groups is 1. The van der Waals surface area contributed by atoms with E-state index in [2.05, 4.69) is 18.0 Å². The van der Waals surface area contributed by atoms with E-state index >= 15 is 0 Å². The quantitative estimate of drug-likeness (QED) is 0.442. The van der Waals surface area contributed by atoms with E-state index in [1.165, 1.54) is 5.56 Å². The van der Waals surface area contributed by atoms with Crippen molar-refractivity contribution in [3.05, 3.63) is 88.7 Å². The largest absolute Gasteiger partial charge is 0.493 e. The molecule has 0 atom stereocenters. The summed E-state index contributed by atoms with van der Waals surface area (Å²) >= 11 is 0. The highest BCUT2D eigenvalue weighted by Crippen LogP contribution is 2.36. The van der Waals surface area contributed by atoms with Crippen LogP contribution in [0.2, 0.25) is 0 Å². The summed E-state index contributed by atoms with van der Waals surface area (Å²) in [4.78, 5) is 24.7. The fourth-order valence-corrected chi connectivity index (χ4v) is 4.67. The third-order valence-electron chi connectivity index (χ3n) is 6.24. The minimum absolute atomic E-state index is 0.0329. The molecule has 4 aromatic rings. The molecule has 158 valence electrons. The van der Waals surface area contributed by atoms with Crippen LogP contribution in [0.4, 0.5) is 5.69 Å². The Balaban J connectivity index is 1.52. The summed E-state index contributed by atoms with van der Waals surface area (Å²) in [6.07, 6.45) is 8.42. The molecule has 2 aliphatic rings. The number of ether oxygens (including phenoxy) is 1. The van der Waals surface area contributed by atoms with Crippen LogP contribution in [0.5, 0.6) is 0 Å². The average molecular weight is 422 g/mol. The average Bonchev–Trinajstić information content (AvgIpc) is 3.27. The van der Waals surface area contributed by atoms with Gasteiger partial charge in [-0.1, -0.05) is 29.8 Å². The summed E-state index contributed by atoms with van der Waals surface area (Å²) in [6, 6.07) is 12.1. The zero-order valence-electron chi connectivity index (χ0n) is 18.0. The maximum atomic E-state index is 13.5. The van der Waals surface area contributed by atoms with E-state index in [0.717, 1.165) is 57.2 Å². The van der Waals surface area contributed by atoms with E-state index in [0.29, 0.717) is 13.2 Å². The highest BCUT2D eigenvalue weighted by Gasteiger charge is 2.28. The Labute approximate surface area is 185 Å². The smallest absolute Gasteiger partial charge is 0.258 e. The normalized spacial score (nSPS) is 15.2. The van der Waals surface area contributed by atoms with E-state index in [9.17, 15) is 4.79 Å². The van der Waals surface area contributed by atoms with Crippen LogP contribution in [0.1, 0.15) is 39.7 Å². The van der Waals surface area contributed by atoms with E-state index in [1.54, 1.807) is 6.20 Å². The first-order chi connectivity index (χ1) is 15.6. The highest BCUT2D eigenvalue weighted by molar-refractivity contribution is 6.09. The fraction of sp³-hybridized carbons (Fsp3) is 0.192. The minimum Gasteiger partial charge on any atom is -0.493 e. The topological polar surface area (TPSA) is 59.7 Å². The zero-order valence-corrected chi connectivity index (χ0v) is 18.0. The van der Waals surface area contributed by atoms with Crippen molar-refractivity contribution in [1.82, 2.24) is 14.4 Å². The third-order valence-corrected chi connectivity index (χ3v) is 6.24. The summed E-state index contributed by atoms with van der Waals surface area (Å²) in [7, 11) is 0. The van der Waals surface area contributed by atoms with Gasteiger partial charge in [0.25, 0.3) is 5.91 Å². The van der Waals surface area contributed by atoms with Gasteiger partial charge in [-0.25, -0.2) is 9.97 Å². The molecule has 2 aliphatic heterocycles. The van der Waals surface area contributed by atoms with Crippen molar-refractivity contribution < 1.29 is 9.53 Å². The van der Waals surface area contributed by atoms with Crippen LogP contribution < -0.4 is 4.90 Å². The molecule has 2 aromatic heterocycles. The lowest BCUT2D eigenvalue weighted by molar-refractivity contribution is 0.0980. The molecule has 6 heteroatoms. The standard InChI is InChI=1S/C26H22N4O2/c1-16-6-7-19-18(12-16)8-10-30(26(19)31)24-5-3-4-20-21(24)15-32-17(2)13-22-25-27-9-11-29(25)14-23(20)28-22/h3-7,9,11-14H,8,10,15H2,1-2H3. The first-order valence-corrected chi connectivity index (χ1v) is 10.8. The second kappa shape index (κ2) is 7.05. The number of aryl methyl sites for hydroxylation is 1. The SMILES string of the molecule is CC1=Cc2nc(cn3ccnc23)-c2cccc(N3CCc4cc(C)ccc4C3=O)c2CO1. The predicted octanol–water partition coefficient (Wildman–Crippen LogP) is 4.80. The molecule has 1 amide bonds. The van der Waals surface area contributed by atoms with Gasteiger partial charge in [-0.2, -0.15) is 0 Å². The molecule has 0 N–H and O–H groups in total. The molecule has 0 aliphatic carbocycles. The first kappa shape index (κ1) is 18.8. The lowest BCUT2D eigenvalue weighted by Gasteiger charge is -2.31. The third kappa shape index (κ3) is 2.91. The Hall–Kier alpha value is -3.93. The molecule has 0 saturated carbocycles. The monoisotopic (exact) mass is 422 g/mol. The molecule has 6 nitrogen and oxygen atoms in total. The fourth-order valence-electron chi connectivity index (χ4n) is 4.67. The van der Waals surface area contributed by atoms with E-state index in [4.69, 9.17) is 9.72 Å². The molecule has 0 radical (unpaired) electrons. The van der Waals surface area contributed by atoms with Crippen molar-refractivity contribution in [2.75, 3.05) is 11.4 Å². The maximum Gasteiger partial charge on any atom is 0.258 e. The number of hydrogen-bond acceptors (Lipinski definition) is 4. The summed E-state index contributed by atoms with van der Waals surface area (Å²) < 4.78 is 8.10. The van der Waals surface area contributed by atoms with E-state index in [-0.39, 0.29) is 5.91 Å². The van der Waals surface area contributed by atoms with Crippen LogP contribution in [-0.4, -0.2) is 26.8 Å². The Morgan fingerprint density at radius 2 is 2.00 bits per heavy atom. The van der Waals surface area contributed by atoms with Crippen molar-refractivity contribution in [3.8, 4) is 11.3 Å². The van der Waals surface area contributed by atoms with Gasteiger partial charge in [0.2, 0.25) is 0 Å². The van der Waals surface area contributed by atoms with Gasteiger partial charge in [0.1, 0.15) is 12.3 Å². The Morgan fingerprint density at radius 3 is 2.91 bits per heavy atom. The molecule has 4 heterocycles. The van der Waals surface area contributed by atoms with Crippen LogP contribution in [0.3, 0.4) is 0 Å². The van der Waals surface area contributed by atoms with Gasteiger partial charge in [0, 0.05) is 47.9 Å². The number of hydrogen-bond donors (Lipinski definition) is 0. The predicted molar refractivity (Wildman–Crippen MR) is 123 cm³/mol. The van der Waals surface area contributed by atoms with Crippen molar-refractivity contribution in [2.45, 2.75) is 26.9 Å². The van der Waals surface area contributed by atoms with Gasteiger partial charge in [-0.15, -0.1) is 0 Å². The van der Waals surface area contributed by atoms with Gasteiger partial charge in [0.15, 0.2) is 5.65 Å². The van der Waals surface area contributed by atoms with Crippen LogP contribution in [0.15, 0.2) is 60.7 Å². The number of carbonyl (C=O) groups excluding carboxylic acids is 1. The second-order valence-corrected chi connectivity index (χ2v) is 8.38. The number of rotatable bonds is 1. The minimum atomic E-state index is 0.0329. The Kier molecular flexibility index (Phi) is 4.15. The molecule has 32 heavy (non-hydrogen) atoms. The number of anilines is 1. The molecule has 2 bridgehead atoms. The van der Waals surface area contributed by atoms with Crippen molar-refractivity contribution in [1.29, 1.82) is 0 Å². The maximum absolute atomic E-state index is 13.5. The number of benzene rings is 2. The van der Waals surface area contributed by atoms with Crippen molar-refractivity contribution in [3.63, 3.8) is 0 Å². The number of nitrogens with zero attached hydrogens (tertiary/aromatic N) is 4. The van der Waals surface area contributed by atoms with Crippen molar-refractivity contribution >= 4 is 23.3 Å². The summed E-state index contributed by atoms with van der Waals surface area (Å²) in [5.74, 6) is 0.790. The molecule has 0 unspecified atom stereocenters. The number of amides is 1. The van der Waals surface area contributed by atoms with Crippen LogP contribution in [-0.2, 0) is 17.8 Å². The number of aromatic nitrogens is 3. The molecule has 2 aromatic carbocycles. The van der Waals surface area contributed by atoms with Gasteiger partial charge in [-0.05, 0) is 38.0 Å². The number of allylic oxidation sites excluding steroid dienone is 1. The van der Waals surface area contributed by atoms with Crippen LogP contribution >= 0.6 is 0 Å². The summed E-state index contributed by atoms with van der Waals surface area (Å²) in [5.41, 5.74) is 8.26. The lowest BCUT2D eigenvalue weighted by Crippen LogP contribution is -2.38. The first-order valence-electron chi connectivity index (χ1n) is 10.8. The number of imidazole rings is 1. The molecular formula is C26H22N4O2. The highest BCUT2D eigenvalue weighted by atomic mass is 16.5. The van der Waals surface area contributed by atoms with Gasteiger partial charge in [0.05, 0.1) is 17.1 Å². The van der Waals surface area contributed by atoms with Gasteiger partial charge >= 0.3 is 0 Å². The lowest BCUT2D eigenvalue weighted by atomic mass is 9.95. The summed E-state index contributed by atoms with van der Waals surface area (Å²) in [6.45, 7) is 4.98. The molecule has 6 rings (SSSR count). The second-order valence-electron chi connectivity index (χ2n) is 8.38. The summed E-state index contributed by atoms with van der Waals surface area (Å²) in [5, 5.41) is 0. The van der Waals surface area contributed by atoms with Crippen molar-refractivity contribution in [2.24, 2.45) is 0 Å². The Morgan fingerprint density at radius 1 is 1.09 bits per heavy atom. The zero-order chi connectivity index (χ0) is 21.8. The molecular weight excluding hydrogens is 400 g/mol.